The van der Waals surface area contributed by atoms with Crippen molar-refractivity contribution < 1.29 is 4.74 Å². The molecule has 0 fully saturated rings. The Kier molecular flexibility index (Phi) is 3.10. The standard InChI is InChI=1S/C8H14N2O2/c1-9-5-6-10(8(9)11)4-3-7-12-2/h5-6H,3-4,7H2,1-2H3. The first-order chi connectivity index (χ1) is 5.75. The zero-order valence-electron chi connectivity index (χ0n) is 7.49. The fourth-order valence-electron chi connectivity index (χ4n) is 1.06. The maximum Gasteiger partial charge on any atom is 0.327 e. The molecule has 0 bridgehead atoms. The third-order valence-corrected chi connectivity index (χ3v) is 1.77. The third-order valence-electron chi connectivity index (χ3n) is 1.77. The van der Waals surface area contributed by atoms with Crippen molar-refractivity contribution in [2.24, 2.45) is 7.05 Å². The average Bonchev–Trinajstić information content (AvgIpc) is 2.36. The minimum absolute atomic E-state index is 0.0334. The van der Waals surface area contributed by atoms with Crippen molar-refractivity contribution >= 4 is 0 Å². The van der Waals surface area contributed by atoms with Crippen LogP contribution in [-0.2, 0) is 18.3 Å². The molecule has 0 aliphatic rings. The summed E-state index contributed by atoms with van der Waals surface area (Å²) in [5.74, 6) is 0. The van der Waals surface area contributed by atoms with Crippen LogP contribution < -0.4 is 5.69 Å². The molecule has 0 N–H and O–H groups in total. The van der Waals surface area contributed by atoms with Crippen molar-refractivity contribution in [3.05, 3.63) is 22.9 Å². The summed E-state index contributed by atoms with van der Waals surface area (Å²) in [5, 5.41) is 0. The predicted octanol–water partition coefficient (Wildman–Crippen LogP) is 0.223. The van der Waals surface area contributed by atoms with Crippen LogP contribution in [0.2, 0.25) is 0 Å². The number of rotatable bonds is 4. The van der Waals surface area contributed by atoms with E-state index >= 15 is 0 Å². The highest BCUT2D eigenvalue weighted by atomic mass is 16.5. The Bertz CT molecular complexity index is 287. The van der Waals surface area contributed by atoms with Gasteiger partial charge in [-0.05, 0) is 6.42 Å². The van der Waals surface area contributed by atoms with E-state index in [0.717, 1.165) is 13.0 Å². The zero-order valence-corrected chi connectivity index (χ0v) is 7.49. The van der Waals surface area contributed by atoms with Gasteiger partial charge in [0.25, 0.3) is 0 Å². The Morgan fingerprint density at radius 3 is 2.75 bits per heavy atom. The van der Waals surface area contributed by atoms with Gasteiger partial charge in [0.1, 0.15) is 0 Å². The topological polar surface area (TPSA) is 36.2 Å². The molecule has 0 atom stereocenters. The molecule has 0 aliphatic heterocycles. The van der Waals surface area contributed by atoms with Crippen LogP contribution in [0, 0.1) is 0 Å². The van der Waals surface area contributed by atoms with Gasteiger partial charge in [-0.15, -0.1) is 0 Å². The summed E-state index contributed by atoms with van der Waals surface area (Å²) in [6, 6.07) is 0. The molecule has 0 amide bonds. The van der Waals surface area contributed by atoms with Gasteiger partial charge in [0, 0.05) is 39.7 Å². The Morgan fingerprint density at radius 2 is 2.25 bits per heavy atom. The summed E-state index contributed by atoms with van der Waals surface area (Å²) < 4.78 is 8.13. The van der Waals surface area contributed by atoms with E-state index in [2.05, 4.69) is 0 Å². The number of methoxy groups -OCH3 is 1. The minimum Gasteiger partial charge on any atom is -0.385 e. The molecule has 0 radical (unpaired) electrons. The molecule has 0 aromatic carbocycles. The molecule has 1 heterocycles. The Balaban J connectivity index is 2.52. The minimum atomic E-state index is 0.0334. The Labute approximate surface area is 71.4 Å². The Hall–Kier alpha value is -1.03. The van der Waals surface area contributed by atoms with Crippen molar-refractivity contribution in [1.82, 2.24) is 9.13 Å². The molecule has 12 heavy (non-hydrogen) atoms. The van der Waals surface area contributed by atoms with Crippen LogP contribution in [0.4, 0.5) is 0 Å². The third kappa shape index (κ3) is 1.98. The van der Waals surface area contributed by atoms with E-state index in [4.69, 9.17) is 4.74 Å². The first-order valence-electron chi connectivity index (χ1n) is 3.96. The van der Waals surface area contributed by atoms with E-state index in [1.54, 1.807) is 35.7 Å². The van der Waals surface area contributed by atoms with Gasteiger partial charge in [-0.3, -0.25) is 4.57 Å². The Morgan fingerprint density at radius 1 is 1.50 bits per heavy atom. The largest absolute Gasteiger partial charge is 0.385 e. The molecule has 68 valence electrons. The number of hydrogen-bond donors (Lipinski definition) is 0. The van der Waals surface area contributed by atoms with Crippen molar-refractivity contribution in [2.45, 2.75) is 13.0 Å². The number of aryl methyl sites for hydroxylation is 2. The highest BCUT2D eigenvalue weighted by Crippen LogP contribution is 1.87. The molecule has 0 saturated heterocycles. The van der Waals surface area contributed by atoms with Crippen LogP contribution in [0.1, 0.15) is 6.42 Å². The second-order valence-corrected chi connectivity index (χ2v) is 2.73. The molecular formula is C8H14N2O2. The molecular weight excluding hydrogens is 156 g/mol. The SMILES string of the molecule is COCCCn1ccn(C)c1=O. The summed E-state index contributed by atoms with van der Waals surface area (Å²) >= 11 is 0. The van der Waals surface area contributed by atoms with Crippen molar-refractivity contribution in [2.75, 3.05) is 13.7 Å². The molecule has 1 rings (SSSR count). The maximum absolute atomic E-state index is 11.2. The number of ether oxygens (including phenoxy) is 1. The van der Waals surface area contributed by atoms with E-state index in [-0.39, 0.29) is 5.69 Å². The number of nitrogens with zero attached hydrogens (tertiary/aromatic N) is 2. The van der Waals surface area contributed by atoms with Gasteiger partial charge in [0.2, 0.25) is 0 Å². The summed E-state index contributed by atoms with van der Waals surface area (Å²) in [6.45, 7) is 1.43. The summed E-state index contributed by atoms with van der Waals surface area (Å²) in [7, 11) is 3.41. The van der Waals surface area contributed by atoms with Crippen LogP contribution in [0.15, 0.2) is 17.2 Å². The van der Waals surface area contributed by atoms with E-state index in [9.17, 15) is 4.79 Å². The summed E-state index contributed by atoms with van der Waals surface area (Å²) in [4.78, 5) is 11.2. The average molecular weight is 170 g/mol. The maximum atomic E-state index is 11.2. The van der Waals surface area contributed by atoms with Crippen LogP contribution in [0.3, 0.4) is 0 Å². The quantitative estimate of drug-likeness (QED) is 0.606. The number of hydrogen-bond acceptors (Lipinski definition) is 2. The van der Waals surface area contributed by atoms with Crippen LogP contribution in [0.25, 0.3) is 0 Å². The van der Waals surface area contributed by atoms with Crippen molar-refractivity contribution in [3.8, 4) is 0 Å². The summed E-state index contributed by atoms with van der Waals surface area (Å²) in [5.41, 5.74) is 0.0334. The zero-order chi connectivity index (χ0) is 8.97. The monoisotopic (exact) mass is 170 g/mol. The van der Waals surface area contributed by atoms with E-state index in [1.807, 2.05) is 0 Å². The molecule has 1 aromatic heterocycles. The fraction of sp³-hybridized carbons (Fsp3) is 0.625. The van der Waals surface area contributed by atoms with E-state index in [1.165, 1.54) is 0 Å². The smallest absolute Gasteiger partial charge is 0.327 e. The van der Waals surface area contributed by atoms with Gasteiger partial charge in [0.05, 0.1) is 0 Å². The first-order valence-corrected chi connectivity index (χ1v) is 3.96. The summed E-state index contributed by atoms with van der Waals surface area (Å²) in [6.07, 6.45) is 4.42. The molecule has 0 aliphatic carbocycles. The number of imidazole rings is 1. The second-order valence-electron chi connectivity index (χ2n) is 2.73. The number of aromatic nitrogens is 2. The lowest BCUT2D eigenvalue weighted by atomic mass is 10.4. The van der Waals surface area contributed by atoms with E-state index < -0.39 is 0 Å². The van der Waals surface area contributed by atoms with E-state index in [0.29, 0.717) is 6.61 Å². The molecule has 4 heteroatoms. The predicted molar refractivity (Wildman–Crippen MR) is 46.2 cm³/mol. The lowest BCUT2D eigenvalue weighted by molar-refractivity contribution is 0.190. The second kappa shape index (κ2) is 4.11. The highest BCUT2D eigenvalue weighted by Gasteiger charge is 1.97. The van der Waals surface area contributed by atoms with Crippen molar-refractivity contribution in [3.63, 3.8) is 0 Å². The highest BCUT2D eigenvalue weighted by molar-refractivity contribution is 4.79. The lowest BCUT2D eigenvalue weighted by Crippen LogP contribution is -2.22. The molecule has 0 unspecified atom stereocenters. The first kappa shape index (κ1) is 9.06. The molecule has 1 aromatic rings. The molecule has 0 spiro atoms. The van der Waals surface area contributed by atoms with Crippen molar-refractivity contribution in [1.29, 1.82) is 0 Å². The van der Waals surface area contributed by atoms with Crippen LogP contribution in [0.5, 0.6) is 0 Å². The van der Waals surface area contributed by atoms with Gasteiger partial charge in [-0.2, -0.15) is 0 Å². The normalized spacial score (nSPS) is 10.5. The van der Waals surface area contributed by atoms with Gasteiger partial charge in [-0.1, -0.05) is 0 Å². The van der Waals surface area contributed by atoms with Gasteiger partial charge in [0.15, 0.2) is 0 Å². The van der Waals surface area contributed by atoms with Gasteiger partial charge < -0.3 is 9.30 Å². The molecule has 4 nitrogen and oxygen atoms in total. The fourth-order valence-corrected chi connectivity index (χ4v) is 1.06. The van der Waals surface area contributed by atoms with Gasteiger partial charge >= 0.3 is 5.69 Å². The van der Waals surface area contributed by atoms with Gasteiger partial charge in [-0.25, -0.2) is 4.79 Å². The van der Waals surface area contributed by atoms with Crippen LogP contribution >= 0.6 is 0 Å². The molecule has 0 saturated carbocycles. The van der Waals surface area contributed by atoms with Crippen LogP contribution in [-0.4, -0.2) is 22.9 Å². The lowest BCUT2D eigenvalue weighted by Gasteiger charge is -1.99.